The Morgan fingerprint density at radius 2 is 1.97 bits per heavy atom. The molecule has 0 aliphatic heterocycles. The number of sulfonamides is 1. The molecule has 0 aliphatic carbocycles. The number of oxazole rings is 1. The average molecular weight is 414 g/mol. The minimum atomic E-state index is -3.85. The number of benzene rings is 2. The number of nitrogens with one attached hydrogen (secondary N) is 1. The fourth-order valence-corrected chi connectivity index (χ4v) is 4.04. The van der Waals surface area contributed by atoms with Gasteiger partial charge in [0.1, 0.15) is 0 Å². The zero-order valence-electron chi connectivity index (χ0n) is 15.7. The van der Waals surface area contributed by atoms with Crippen molar-refractivity contribution in [1.29, 1.82) is 0 Å². The van der Waals surface area contributed by atoms with Crippen molar-refractivity contribution < 1.29 is 17.4 Å². The van der Waals surface area contributed by atoms with Crippen molar-refractivity contribution in [2.45, 2.75) is 31.7 Å². The molecule has 0 unspecified atom stereocenters. The number of nitrogens with zero attached hydrogens (tertiary/aromatic N) is 3. The molecule has 2 aromatic heterocycles. The van der Waals surface area contributed by atoms with E-state index in [2.05, 4.69) is 14.9 Å². The second kappa shape index (κ2) is 7.21. The summed E-state index contributed by atoms with van der Waals surface area (Å²) in [4.78, 5) is 16.4. The Balaban J connectivity index is 1.68. The highest BCUT2D eigenvalue weighted by Crippen LogP contribution is 2.23. The van der Waals surface area contributed by atoms with E-state index in [4.69, 9.17) is 8.94 Å². The predicted octanol–water partition coefficient (Wildman–Crippen LogP) is 2.70. The van der Waals surface area contributed by atoms with E-state index in [9.17, 15) is 13.2 Å². The molecule has 0 atom stereocenters. The van der Waals surface area contributed by atoms with Crippen molar-refractivity contribution in [2.75, 3.05) is 4.72 Å². The first-order chi connectivity index (χ1) is 13.9. The zero-order valence-corrected chi connectivity index (χ0v) is 16.6. The smallest absolute Gasteiger partial charge is 0.408 e. The molecular weight excluding hydrogens is 396 g/mol. The van der Waals surface area contributed by atoms with Crippen LogP contribution < -0.4 is 10.5 Å². The number of hydrogen-bond donors (Lipinski definition) is 1. The summed E-state index contributed by atoms with van der Waals surface area (Å²) >= 11 is 0. The van der Waals surface area contributed by atoms with Crippen LogP contribution in [0, 0.1) is 6.92 Å². The molecular formula is C19H18N4O5S. The van der Waals surface area contributed by atoms with Gasteiger partial charge in [-0.25, -0.2) is 13.2 Å². The van der Waals surface area contributed by atoms with Gasteiger partial charge in [-0.15, -0.1) is 0 Å². The van der Waals surface area contributed by atoms with E-state index in [1.165, 1.54) is 22.8 Å². The summed E-state index contributed by atoms with van der Waals surface area (Å²) in [5.74, 6) is 0.172. The van der Waals surface area contributed by atoms with Crippen LogP contribution in [0.2, 0.25) is 0 Å². The van der Waals surface area contributed by atoms with Crippen LogP contribution in [0.4, 0.5) is 5.69 Å². The predicted molar refractivity (Wildman–Crippen MR) is 105 cm³/mol. The van der Waals surface area contributed by atoms with Crippen molar-refractivity contribution in [3.8, 4) is 0 Å². The molecule has 0 fully saturated rings. The first-order valence-electron chi connectivity index (χ1n) is 8.90. The molecule has 2 heterocycles. The van der Waals surface area contributed by atoms with Crippen molar-refractivity contribution in [3.63, 3.8) is 0 Å². The fourth-order valence-electron chi connectivity index (χ4n) is 2.89. The lowest BCUT2D eigenvalue weighted by atomic mass is 10.2. The Hall–Kier alpha value is -3.40. The molecule has 10 heteroatoms. The van der Waals surface area contributed by atoms with Crippen molar-refractivity contribution >= 4 is 26.8 Å². The number of fused-ring (bicyclic) bond motifs is 1. The van der Waals surface area contributed by atoms with Gasteiger partial charge < -0.3 is 8.94 Å². The molecule has 0 saturated heterocycles. The molecule has 0 saturated carbocycles. The number of aromatic nitrogens is 3. The number of para-hydroxylation sites is 1. The van der Waals surface area contributed by atoms with Gasteiger partial charge in [0.15, 0.2) is 11.4 Å². The number of aryl methyl sites for hydroxylation is 2. The standard InChI is InChI=1S/C19H18N4O5S/c1-3-18-20-17(21-28-18)11-23-15-9-8-13(10-16(15)27-19(23)24)29(25,26)22-14-7-5-4-6-12(14)2/h4-10,22H,3,11H2,1-2H3. The van der Waals surface area contributed by atoms with E-state index >= 15 is 0 Å². The lowest BCUT2D eigenvalue weighted by Crippen LogP contribution is -2.16. The van der Waals surface area contributed by atoms with E-state index in [0.717, 1.165) is 5.56 Å². The van der Waals surface area contributed by atoms with E-state index in [0.29, 0.717) is 29.3 Å². The molecule has 2 aromatic carbocycles. The molecule has 1 N–H and O–H groups in total. The third kappa shape index (κ3) is 3.66. The number of anilines is 1. The minimum absolute atomic E-state index is 0.0121. The van der Waals surface area contributed by atoms with Crippen LogP contribution in [-0.4, -0.2) is 23.1 Å². The van der Waals surface area contributed by atoms with Gasteiger partial charge in [-0.2, -0.15) is 4.98 Å². The number of rotatable bonds is 6. The van der Waals surface area contributed by atoms with Gasteiger partial charge in [0.2, 0.25) is 5.89 Å². The maximum atomic E-state index is 12.7. The third-order valence-electron chi connectivity index (χ3n) is 4.45. The van der Waals surface area contributed by atoms with E-state index in [1.54, 1.807) is 12.1 Å². The normalized spacial score (nSPS) is 11.8. The highest BCUT2D eigenvalue weighted by atomic mass is 32.2. The summed E-state index contributed by atoms with van der Waals surface area (Å²) in [7, 11) is -3.85. The molecule has 0 spiro atoms. The van der Waals surface area contributed by atoms with E-state index in [-0.39, 0.29) is 17.0 Å². The molecule has 0 radical (unpaired) electrons. The van der Waals surface area contributed by atoms with E-state index < -0.39 is 15.8 Å². The molecule has 150 valence electrons. The molecule has 9 nitrogen and oxygen atoms in total. The summed E-state index contributed by atoms with van der Waals surface area (Å²) in [6.07, 6.45) is 0.586. The second-order valence-corrected chi connectivity index (χ2v) is 8.14. The molecule has 4 aromatic rings. The van der Waals surface area contributed by atoms with Crippen molar-refractivity contribution in [3.05, 3.63) is 70.3 Å². The first-order valence-corrected chi connectivity index (χ1v) is 10.4. The molecule has 0 bridgehead atoms. The van der Waals surface area contributed by atoms with Crippen LogP contribution in [0.1, 0.15) is 24.2 Å². The van der Waals surface area contributed by atoms with Crippen LogP contribution in [0.5, 0.6) is 0 Å². The lowest BCUT2D eigenvalue weighted by molar-refractivity contribution is 0.375. The van der Waals surface area contributed by atoms with Gasteiger partial charge in [0.05, 0.1) is 22.6 Å². The zero-order chi connectivity index (χ0) is 20.6. The van der Waals surface area contributed by atoms with Gasteiger partial charge in [-0.3, -0.25) is 9.29 Å². The maximum Gasteiger partial charge on any atom is 0.420 e. The van der Waals surface area contributed by atoms with Crippen LogP contribution in [-0.2, 0) is 23.0 Å². The molecule has 4 rings (SSSR count). The second-order valence-electron chi connectivity index (χ2n) is 6.46. The fraction of sp³-hybridized carbons (Fsp3) is 0.211. The van der Waals surface area contributed by atoms with Crippen molar-refractivity contribution in [1.82, 2.24) is 14.7 Å². The summed E-state index contributed by atoms with van der Waals surface area (Å²) in [5.41, 5.74) is 1.87. The Morgan fingerprint density at radius 3 is 2.69 bits per heavy atom. The summed E-state index contributed by atoms with van der Waals surface area (Å²) < 4.78 is 39.7. The highest BCUT2D eigenvalue weighted by Gasteiger charge is 2.19. The van der Waals surface area contributed by atoms with Crippen LogP contribution in [0.25, 0.3) is 11.1 Å². The Kier molecular flexibility index (Phi) is 4.71. The molecule has 0 amide bonds. The summed E-state index contributed by atoms with van der Waals surface area (Å²) in [6.45, 7) is 3.74. The van der Waals surface area contributed by atoms with Crippen molar-refractivity contribution in [2.24, 2.45) is 0 Å². The largest absolute Gasteiger partial charge is 0.420 e. The van der Waals surface area contributed by atoms with Crippen LogP contribution >= 0.6 is 0 Å². The van der Waals surface area contributed by atoms with Crippen LogP contribution in [0.3, 0.4) is 0 Å². The van der Waals surface area contributed by atoms with Gasteiger partial charge >= 0.3 is 5.76 Å². The van der Waals surface area contributed by atoms with Gasteiger partial charge in [0, 0.05) is 12.5 Å². The molecule has 0 aliphatic rings. The van der Waals surface area contributed by atoms with Crippen LogP contribution in [0.15, 0.2) is 61.1 Å². The van der Waals surface area contributed by atoms with Gasteiger partial charge in [0.25, 0.3) is 10.0 Å². The summed E-state index contributed by atoms with van der Waals surface area (Å²) in [6, 6.07) is 11.3. The first kappa shape index (κ1) is 18.9. The number of hydrogen-bond acceptors (Lipinski definition) is 7. The maximum absolute atomic E-state index is 12.7. The molecule has 29 heavy (non-hydrogen) atoms. The van der Waals surface area contributed by atoms with Gasteiger partial charge in [-0.05, 0) is 30.7 Å². The monoisotopic (exact) mass is 414 g/mol. The lowest BCUT2D eigenvalue weighted by Gasteiger charge is -2.10. The topological polar surface area (TPSA) is 120 Å². The Bertz CT molecular complexity index is 1350. The minimum Gasteiger partial charge on any atom is -0.408 e. The SMILES string of the molecule is CCc1nc(Cn2c(=O)oc3cc(S(=O)(=O)Nc4ccccc4C)ccc32)no1. The Labute approximate surface area is 166 Å². The summed E-state index contributed by atoms with van der Waals surface area (Å²) in [5, 5.41) is 3.83. The average Bonchev–Trinajstić information content (AvgIpc) is 3.27. The Morgan fingerprint density at radius 1 is 1.17 bits per heavy atom. The highest BCUT2D eigenvalue weighted by molar-refractivity contribution is 7.92. The van der Waals surface area contributed by atoms with E-state index in [1.807, 2.05) is 26.0 Å². The quantitative estimate of drug-likeness (QED) is 0.515. The third-order valence-corrected chi connectivity index (χ3v) is 5.81. The van der Waals surface area contributed by atoms with Gasteiger partial charge in [-0.1, -0.05) is 30.3 Å².